The van der Waals surface area contributed by atoms with Crippen molar-refractivity contribution in [2.45, 2.75) is 58.4 Å². The van der Waals surface area contributed by atoms with Gasteiger partial charge in [-0.15, -0.1) is 35.3 Å². The number of piperidine rings is 1. The minimum atomic E-state index is 0. The molecule has 1 unspecified atom stereocenters. The van der Waals surface area contributed by atoms with Crippen LogP contribution in [0.15, 0.2) is 10.4 Å². The quantitative estimate of drug-likeness (QED) is 0.385. The number of rotatable bonds is 2. The van der Waals surface area contributed by atoms with Gasteiger partial charge in [-0.05, 0) is 25.7 Å². The first-order chi connectivity index (χ1) is 11.9. The minimum Gasteiger partial charge on any atom is -0.381 e. The van der Waals surface area contributed by atoms with E-state index in [2.05, 4.69) is 41.4 Å². The normalized spacial score (nSPS) is 24.5. The molecule has 148 valence electrons. The van der Waals surface area contributed by atoms with Gasteiger partial charge in [-0.1, -0.05) is 20.8 Å². The molecule has 0 saturated carbocycles. The van der Waals surface area contributed by atoms with E-state index < -0.39 is 0 Å². The first-order valence-corrected chi connectivity index (χ1v) is 10.3. The Labute approximate surface area is 179 Å². The van der Waals surface area contributed by atoms with Crippen molar-refractivity contribution < 1.29 is 4.74 Å². The second-order valence-electron chi connectivity index (χ2n) is 8.46. The van der Waals surface area contributed by atoms with Crippen LogP contribution in [0.5, 0.6) is 0 Å². The summed E-state index contributed by atoms with van der Waals surface area (Å²) in [6.07, 6.45) is 4.97. The van der Waals surface area contributed by atoms with Crippen molar-refractivity contribution in [2.75, 3.05) is 33.4 Å². The number of ether oxygens (including phenoxy) is 1. The molecule has 1 N–H and O–H groups in total. The van der Waals surface area contributed by atoms with Crippen LogP contribution in [0.1, 0.15) is 57.2 Å². The smallest absolute Gasteiger partial charge is 0.194 e. The molecule has 3 rings (SSSR count). The molecule has 2 fully saturated rings. The molecule has 2 saturated heterocycles. The first-order valence-electron chi connectivity index (χ1n) is 9.40. The zero-order valence-electron chi connectivity index (χ0n) is 16.5. The van der Waals surface area contributed by atoms with Crippen LogP contribution >= 0.6 is 35.3 Å². The van der Waals surface area contributed by atoms with Crippen molar-refractivity contribution in [1.82, 2.24) is 15.2 Å². The van der Waals surface area contributed by atoms with Gasteiger partial charge in [-0.2, -0.15) is 0 Å². The van der Waals surface area contributed by atoms with Gasteiger partial charge in [0.1, 0.15) is 5.01 Å². The standard InChI is InChI=1S/C19H32N4OS.HI/c1-18(2,3)15-12-25-16(22-15)11-21-17(20-4)23-9-5-7-19(13-23)8-6-10-24-14-19;/h12H,5-11,13-14H2,1-4H3,(H,20,21);1H. The maximum Gasteiger partial charge on any atom is 0.194 e. The van der Waals surface area contributed by atoms with Crippen LogP contribution in [0.3, 0.4) is 0 Å². The van der Waals surface area contributed by atoms with E-state index in [0.29, 0.717) is 5.41 Å². The van der Waals surface area contributed by atoms with Gasteiger partial charge < -0.3 is 15.0 Å². The van der Waals surface area contributed by atoms with Crippen molar-refractivity contribution in [3.8, 4) is 0 Å². The number of aliphatic imine (C=N–C) groups is 1. The number of likely N-dealkylation sites (tertiary alicyclic amines) is 1. The van der Waals surface area contributed by atoms with E-state index in [1.165, 1.54) is 31.4 Å². The topological polar surface area (TPSA) is 49.8 Å². The summed E-state index contributed by atoms with van der Waals surface area (Å²) in [5, 5.41) is 6.82. The van der Waals surface area contributed by atoms with Gasteiger partial charge in [-0.3, -0.25) is 4.99 Å². The van der Waals surface area contributed by atoms with E-state index in [1.807, 2.05) is 7.05 Å². The number of aromatic nitrogens is 1. The summed E-state index contributed by atoms with van der Waals surface area (Å²) in [5.74, 6) is 0.997. The second-order valence-corrected chi connectivity index (χ2v) is 9.40. The maximum atomic E-state index is 5.79. The Balaban J connectivity index is 0.00000243. The Hall–Kier alpha value is -0.410. The van der Waals surface area contributed by atoms with Crippen molar-refractivity contribution in [2.24, 2.45) is 10.4 Å². The van der Waals surface area contributed by atoms with Gasteiger partial charge in [0.15, 0.2) is 5.96 Å². The molecule has 2 aliphatic rings. The fourth-order valence-corrected chi connectivity index (χ4v) is 4.80. The number of hydrogen-bond acceptors (Lipinski definition) is 4. The van der Waals surface area contributed by atoms with Crippen molar-refractivity contribution >= 4 is 41.3 Å². The Bertz CT molecular complexity index is 599. The maximum absolute atomic E-state index is 5.79. The van der Waals surface area contributed by atoms with E-state index in [-0.39, 0.29) is 29.4 Å². The second kappa shape index (κ2) is 9.19. The van der Waals surface area contributed by atoms with Crippen LogP contribution in [0, 0.1) is 5.41 Å². The fourth-order valence-electron chi connectivity index (χ4n) is 3.84. The highest BCUT2D eigenvalue weighted by atomic mass is 127. The number of thiazole rings is 1. The molecule has 1 atom stereocenters. The fraction of sp³-hybridized carbons (Fsp3) is 0.789. The number of nitrogens with one attached hydrogen (secondary N) is 1. The molecule has 0 radical (unpaired) electrons. The third-order valence-electron chi connectivity index (χ3n) is 5.29. The number of halogens is 1. The minimum absolute atomic E-state index is 0. The molecule has 0 aromatic carbocycles. The Morgan fingerprint density at radius 1 is 1.38 bits per heavy atom. The third kappa shape index (κ3) is 5.32. The van der Waals surface area contributed by atoms with Gasteiger partial charge in [0.2, 0.25) is 0 Å². The summed E-state index contributed by atoms with van der Waals surface area (Å²) in [4.78, 5) is 11.7. The molecule has 1 aromatic rings. The molecule has 1 aromatic heterocycles. The van der Waals surface area contributed by atoms with E-state index >= 15 is 0 Å². The lowest BCUT2D eigenvalue weighted by atomic mass is 9.76. The molecule has 0 amide bonds. The highest BCUT2D eigenvalue weighted by Gasteiger charge is 2.38. The number of hydrogen-bond donors (Lipinski definition) is 1. The molecule has 26 heavy (non-hydrogen) atoms. The predicted molar refractivity (Wildman–Crippen MR) is 120 cm³/mol. The van der Waals surface area contributed by atoms with Crippen molar-refractivity contribution in [1.29, 1.82) is 0 Å². The van der Waals surface area contributed by atoms with Crippen LogP contribution in [0.4, 0.5) is 0 Å². The largest absolute Gasteiger partial charge is 0.381 e. The van der Waals surface area contributed by atoms with E-state index in [4.69, 9.17) is 9.72 Å². The zero-order valence-corrected chi connectivity index (χ0v) is 19.7. The van der Waals surface area contributed by atoms with Gasteiger partial charge in [0.05, 0.1) is 18.8 Å². The molecule has 3 heterocycles. The monoisotopic (exact) mass is 492 g/mol. The van der Waals surface area contributed by atoms with Gasteiger partial charge in [-0.25, -0.2) is 4.98 Å². The predicted octanol–water partition coefficient (Wildman–Crippen LogP) is 4.03. The molecular formula is C19H33IN4OS. The van der Waals surface area contributed by atoms with Crippen LogP contribution in [0.25, 0.3) is 0 Å². The van der Waals surface area contributed by atoms with E-state index in [0.717, 1.165) is 43.8 Å². The molecule has 0 bridgehead atoms. The molecule has 1 spiro atoms. The zero-order chi connectivity index (χ0) is 17.9. The Morgan fingerprint density at radius 2 is 2.15 bits per heavy atom. The van der Waals surface area contributed by atoms with Crippen molar-refractivity contribution in [3.05, 3.63) is 16.1 Å². The average molecular weight is 492 g/mol. The summed E-state index contributed by atoms with van der Waals surface area (Å²) in [6.45, 7) is 11.3. The molecule has 2 aliphatic heterocycles. The van der Waals surface area contributed by atoms with Gasteiger partial charge >= 0.3 is 0 Å². The lowest BCUT2D eigenvalue weighted by Crippen LogP contribution is -2.52. The molecule has 0 aliphatic carbocycles. The summed E-state index contributed by atoms with van der Waals surface area (Å²) in [5.41, 5.74) is 1.60. The summed E-state index contributed by atoms with van der Waals surface area (Å²) < 4.78 is 5.79. The highest BCUT2D eigenvalue weighted by molar-refractivity contribution is 14.0. The Morgan fingerprint density at radius 3 is 2.77 bits per heavy atom. The highest BCUT2D eigenvalue weighted by Crippen LogP contribution is 2.37. The van der Waals surface area contributed by atoms with Gasteiger partial charge in [0, 0.05) is 43.0 Å². The summed E-state index contributed by atoms with van der Waals surface area (Å²) in [7, 11) is 1.88. The van der Waals surface area contributed by atoms with Gasteiger partial charge in [0.25, 0.3) is 0 Å². The molecule has 5 nitrogen and oxygen atoms in total. The van der Waals surface area contributed by atoms with Crippen LogP contribution in [-0.4, -0.2) is 49.2 Å². The molecular weight excluding hydrogens is 459 g/mol. The van der Waals surface area contributed by atoms with Crippen LogP contribution < -0.4 is 5.32 Å². The lowest BCUT2D eigenvalue weighted by molar-refractivity contribution is -0.0370. The average Bonchev–Trinajstić information content (AvgIpc) is 3.06. The van der Waals surface area contributed by atoms with E-state index in [9.17, 15) is 0 Å². The first kappa shape index (κ1) is 21.9. The summed E-state index contributed by atoms with van der Waals surface area (Å²) in [6, 6.07) is 0. The number of guanidine groups is 1. The van der Waals surface area contributed by atoms with Crippen LogP contribution in [-0.2, 0) is 16.7 Å². The van der Waals surface area contributed by atoms with Crippen LogP contribution in [0.2, 0.25) is 0 Å². The SMILES string of the molecule is CN=C(NCc1nc(C(C)(C)C)cs1)N1CCCC2(CCCOC2)C1.I. The molecule has 7 heteroatoms. The Kier molecular flexibility index (Phi) is 7.73. The number of nitrogens with zero attached hydrogens (tertiary/aromatic N) is 3. The third-order valence-corrected chi connectivity index (χ3v) is 6.14. The van der Waals surface area contributed by atoms with E-state index in [1.54, 1.807) is 11.3 Å². The van der Waals surface area contributed by atoms with Crippen molar-refractivity contribution in [3.63, 3.8) is 0 Å². The summed E-state index contributed by atoms with van der Waals surface area (Å²) >= 11 is 1.73. The lowest BCUT2D eigenvalue weighted by Gasteiger charge is -2.45.